The van der Waals surface area contributed by atoms with Crippen LogP contribution in [-0.2, 0) is 21.2 Å². The zero-order valence-electron chi connectivity index (χ0n) is 20.8. The summed E-state index contributed by atoms with van der Waals surface area (Å²) < 4.78 is 44.2. The molecule has 0 aliphatic heterocycles. The highest BCUT2D eigenvalue weighted by atomic mass is 32.2. The van der Waals surface area contributed by atoms with Gasteiger partial charge in [-0.1, -0.05) is 24.3 Å². The molecule has 0 saturated heterocycles. The van der Waals surface area contributed by atoms with Gasteiger partial charge in [0.2, 0.25) is 5.91 Å². The number of hydrogen-bond donors (Lipinski definition) is 1. The monoisotopic (exact) mass is 512 g/mol. The highest BCUT2D eigenvalue weighted by molar-refractivity contribution is 7.92. The van der Waals surface area contributed by atoms with Gasteiger partial charge in [0.1, 0.15) is 23.8 Å². The van der Waals surface area contributed by atoms with Crippen LogP contribution in [0.5, 0.6) is 17.2 Å². The van der Waals surface area contributed by atoms with Gasteiger partial charge in [-0.2, -0.15) is 0 Å². The molecule has 3 rings (SSSR count). The number of sulfonamides is 1. The van der Waals surface area contributed by atoms with Crippen molar-refractivity contribution in [3.05, 3.63) is 78.4 Å². The molecule has 0 aromatic heterocycles. The summed E-state index contributed by atoms with van der Waals surface area (Å²) in [7, 11) is -1.10. The number of amides is 1. The number of para-hydroxylation sites is 2. The Balaban J connectivity index is 1.70. The molecule has 0 radical (unpaired) electrons. The molecule has 0 saturated carbocycles. The maximum Gasteiger partial charge on any atom is 0.264 e. The van der Waals surface area contributed by atoms with E-state index in [4.69, 9.17) is 14.2 Å². The van der Waals surface area contributed by atoms with Gasteiger partial charge in [-0.25, -0.2) is 8.42 Å². The van der Waals surface area contributed by atoms with Crippen LogP contribution < -0.4 is 23.8 Å². The van der Waals surface area contributed by atoms with Gasteiger partial charge < -0.3 is 19.5 Å². The number of hydrogen-bond acceptors (Lipinski definition) is 6. The summed E-state index contributed by atoms with van der Waals surface area (Å²) in [6, 6.07) is 20.6. The normalized spacial score (nSPS) is 11.0. The summed E-state index contributed by atoms with van der Waals surface area (Å²) in [5.74, 6) is 1.29. The van der Waals surface area contributed by atoms with Gasteiger partial charge in [-0.15, -0.1) is 0 Å². The first-order chi connectivity index (χ1) is 17.4. The number of aryl methyl sites for hydroxylation is 1. The Bertz CT molecular complexity index is 1230. The van der Waals surface area contributed by atoms with Gasteiger partial charge >= 0.3 is 0 Å². The fourth-order valence-electron chi connectivity index (χ4n) is 3.64. The second kappa shape index (κ2) is 12.8. The number of rotatable bonds is 13. The number of carbonyl (C=O) groups excluding carboxylic acids is 1. The zero-order chi connectivity index (χ0) is 26.0. The Morgan fingerprint density at radius 1 is 0.889 bits per heavy atom. The molecule has 0 aliphatic carbocycles. The number of benzene rings is 3. The van der Waals surface area contributed by atoms with E-state index in [0.29, 0.717) is 31.1 Å². The molecular formula is C27H32N2O6S. The molecule has 3 aromatic carbocycles. The van der Waals surface area contributed by atoms with Crippen LogP contribution in [0.1, 0.15) is 18.9 Å². The Morgan fingerprint density at radius 2 is 1.56 bits per heavy atom. The lowest BCUT2D eigenvalue weighted by atomic mass is 10.1. The van der Waals surface area contributed by atoms with E-state index in [-0.39, 0.29) is 10.6 Å². The third kappa shape index (κ3) is 6.91. The third-order valence-corrected chi connectivity index (χ3v) is 7.26. The molecular weight excluding hydrogens is 480 g/mol. The molecule has 1 N–H and O–H groups in total. The second-order valence-electron chi connectivity index (χ2n) is 7.89. The highest BCUT2D eigenvalue weighted by Gasteiger charge is 2.29. The van der Waals surface area contributed by atoms with Crippen LogP contribution in [0, 0.1) is 0 Å². The lowest BCUT2D eigenvalue weighted by Crippen LogP contribution is -2.41. The third-order valence-electron chi connectivity index (χ3n) is 5.49. The van der Waals surface area contributed by atoms with Gasteiger partial charge in [0.05, 0.1) is 31.4 Å². The van der Waals surface area contributed by atoms with E-state index in [9.17, 15) is 13.2 Å². The number of anilines is 1. The van der Waals surface area contributed by atoms with Crippen LogP contribution in [0.25, 0.3) is 0 Å². The molecule has 0 aliphatic rings. The minimum atomic E-state index is -4.06. The van der Waals surface area contributed by atoms with Crippen molar-refractivity contribution < 1.29 is 27.4 Å². The van der Waals surface area contributed by atoms with Crippen molar-refractivity contribution in [2.75, 3.05) is 38.2 Å². The Labute approximate surface area is 212 Å². The van der Waals surface area contributed by atoms with Gasteiger partial charge in [-0.3, -0.25) is 9.10 Å². The first-order valence-corrected chi connectivity index (χ1v) is 13.1. The number of methoxy groups -OCH3 is 2. The van der Waals surface area contributed by atoms with Crippen molar-refractivity contribution in [1.82, 2.24) is 5.32 Å². The predicted octanol–water partition coefficient (Wildman–Crippen LogP) is 4.05. The van der Waals surface area contributed by atoms with E-state index >= 15 is 0 Å². The maximum absolute atomic E-state index is 13.6. The molecule has 3 aromatic rings. The van der Waals surface area contributed by atoms with E-state index in [2.05, 4.69) is 5.32 Å². The smallest absolute Gasteiger partial charge is 0.264 e. The quantitative estimate of drug-likeness (QED) is 0.347. The van der Waals surface area contributed by atoms with Gasteiger partial charge in [-0.05, 0) is 73.9 Å². The molecule has 1 amide bonds. The summed E-state index contributed by atoms with van der Waals surface area (Å²) in [5.41, 5.74) is 1.41. The molecule has 0 heterocycles. The molecule has 0 fully saturated rings. The Morgan fingerprint density at radius 3 is 2.19 bits per heavy atom. The fourth-order valence-corrected chi connectivity index (χ4v) is 5.07. The number of carbonyl (C=O) groups is 1. The van der Waals surface area contributed by atoms with Gasteiger partial charge in [0.25, 0.3) is 10.0 Å². The highest BCUT2D eigenvalue weighted by Crippen LogP contribution is 2.32. The van der Waals surface area contributed by atoms with Crippen molar-refractivity contribution in [2.45, 2.75) is 24.7 Å². The summed E-state index contributed by atoms with van der Waals surface area (Å²) >= 11 is 0. The number of nitrogens with zero attached hydrogens (tertiary/aromatic N) is 1. The first kappa shape index (κ1) is 26.9. The van der Waals surface area contributed by atoms with Crippen LogP contribution in [0.15, 0.2) is 77.7 Å². The molecule has 0 bridgehead atoms. The Kier molecular flexibility index (Phi) is 9.58. The SMILES string of the molecule is CCOc1ccc(CCCNC(=O)CN(c2ccccc2OC)S(=O)(=O)c2ccc(OC)cc2)cc1. The lowest BCUT2D eigenvalue weighted by Gasteiger charge is -2.25. The van der Waals surface area contributed by atoms with Crippen molar-refractivity contribution in [2.24, 2.45) is 0 Å². The Hall–Kier alpha value is -3.72. The number of ether oxygens (including phenoxy) is 3. The molecule has 0 spiro atoms. The summed E-state index contributed by atoms with van der Waals surface area (Å²) in [4.78, 5) is 12.9. The molecule has 8 nitrogen and oxygen atoms in total. The average Bonchev–Trinajstić information content (AvgIpc) is 2.90. The van der Waals surface area contributed by atoms with Crippen LogP contribution in [-0.4, -0.2) is 48.2 Å². The van der Waals surface area contributed by atoms with E-state index in [1.54, 1.807) is 36.4 Å². The molecule has 192 valence electrons. The standard InChI is InChI=1S/C27H32N2O6S/c1-4-35-23-13-11-21(12-14-23)8-7-19-28-27(30)20-29(25-9-5-6-10-26(25)34-3)36(31,32)24-17-15-22(33-2)16-18-24/h5-6,9-18H,4,7-8,19-20H2,1-3H3,(H,28,30). The molecule has 36 heavy (non-hydrogen) atoms. The van der Waals surface area contributed by atoms with Crippen LogP contribution in [0.3, 0.4) is 0 Å². The minimum absolute atomic E-state index is 0.0394. The van der Waals surface area contributed by atoms with Gasteiger partial charge in [0.15, 0.2) is 0 Å². The van der Waals surface area contributed by atoms with Crippen molar-refractivity contribution in [3.63, 3.8) is 0 Å². The molecule has 0 atom stereocenters. The molecule has 0 unspecified atom stereocenters. The average molecular weight is 513 g/mol. The van der Waals surface area contributed by atoms with Crippen LogP contribution in [0.4, 0.5) is 5.69 Å². The summed E-state index contributed by atoms with van der Waals surface area (Å²) in [6.07, 6.45) is 1.48. The fraction of sp³-hybridized carbons (Fsp3) is 0.296. The van der Waals surface area contributed by atoms with Crippen LogP contribution >= 0.6 is 0 Å². The predicted molar refractivity (Wildman–Crippen MR) is 139 cm³/mol. The zero-order valence-corrected chi connectivity index (χ0v) is 21.6. The minimum Gasteiger partial charge on any atom is -0.497 e. The molecule has 9 heteroatoms. The summed E-state index contributed by atoms with van der Waals surface area (Å²) in [5, 5.41) is 2.83. The summed E-state index contributed by atoms with van der Waals surface area (Å²) in [6.45, 7) is 2.57. The largest absolute Gasteiger partial charge is 0.497 e. The maximum atomic E-state index is 13.6. The first-order valence-electron chi connectivity index (χ1n) is 11.7. The van der Waals surface area contributed by atoms with Crippen molar-refractivity contribution in [3.8, 4) is 17.2 Å². The van der Waals surface area contributed by atoms with E-state index < -0.39 is 22.5 Å². The van der Waals surface area contributed by atoms with E-state index in [1.165, 1.54) is 26.4 Å². The lowest BCUT2D eigenvalue weighted by molar-refractivity contribution is -0.119. The number of nitrogens with one attached hydrogen (secondary N) is 1. The van der Waals surface area contributed by atoms with E-state index in [1.807, 2.05) is 31.2 Å². The van der Waals surface area contributed by atoms with Crippen LogP contribution in [0.2, 0.25) is 0 Å². The van der Waals surface area contributed by atoms with Crippen molar-refractivity contribution >= 4 is 21.6 Å². The van der Waals surface area contributed by atoms with Crippen molar-refractivity contribution in [1.29, 1.82) is 0 Å². The second-order valence-corrected chi connectivity index (χ2v) is 9.75. The van der Waals surface area contributed by atoms with E-state index in [0.717, 1.165) is 22.0 Å². The topological polar surface area (TPSA) is 94.2 Å². The van der Waals surface area contributed by atoms with Gasteiger partial charge in [0, 0.05) is 6.54 Å².